The zero-order chi connectivity index (χ0) is 15.0. The lowest BCUT2D eigenvalue weighted by molar-refractivity contribution is -0.0962. The van der Waals surface area contributed by atoms with Crippen molar-refractivity contribution in [1.82, 2.24) is 19.5 Å². The first-order chi connectivity index (χ1) is 9.94. The van der Waals surface area contributed by atoms with E-state index >= 15 is 0 Å². The number of nitrogens with two attached hydrogens (primary N) is 1. The number of fused-ring (bicyclic) bond motifs is 1. The van der Waals surface area contributed by atoms with Crippen LogP contribution in [0.5, 0.6) is 0 Å². The van der Waals surface area contributed by atoms with Crippen molar-refractivity contribution < 1.29 is 28.3 Å². The molecule has 1 fully saturated rings. The molecule has 1 aliphatic rings. The molecule has 0 unspecified atom stereocenters. The van der Waals surface area contributed by atoms with Crippen molar-refractivity contribution in [3.05, 3.63) is 12.7 Å². The highest BCUT2D eigenvalue weighted by Gasteiger charge is 2.31. The van der Waals surface area contributed by atoms with Crippen molar-refractivity contribution in [2.75, 3.05) is 18.9 Å². The fourth-order valence-corrected chi connectivity index (χ4v) is 2.23. The Bertz CT molecular complexity index is 701. The third-order valence-corrected chi connectivity index (χ3v) is 3.30. The molecule has 2 atom stereocenters. The van der Waals surface area contributed by atoms with Crippen LogP contribution in [0.2, 0.25) is 0 Å². The fourth-order valence-electron chi connectivity index (χ4n) is 1.92. The van der Waals surface area contributed by atoms with Crippen LogP contribution in [0.25, 0.3) is 11.2 Å². The van der Waals surface area contributed by atoms with E-state index in [9.17, 15) is 4.57 Å². The van der Waals surface area contributed by atoms with Crippen LogP contribution in [0, 0.1) is 0 Å². The molecule has 0 aliphatic carbocycles. The molecule has 21 heavy (non-hydrogen) atoms. The van der Waals surface area contributed by atoms with E-state index in [1.54, 1.807) is 4.57 Å². The summed E-state index contributed by atoms with van der Waals surface area (Å²) in [5.74, 6) is 0.249. The van der Waals surface area contributed by atoms with Gasteiger partial charge in [0.05, 0.1) is 12.9 Å². The lowest BCUT2D eigenvalue weighted by Gasteiger charge is -2.13. The highest BCUT2D eigenvalue weighted by molar-refractivity contribution is 7.46. The first-order valence-corrected chi connectivity index (χ1v) is 7.37. The average Bonchev–Trinajstić information content (AvgIpc) is 3.02. The summed E-state index contributed by atoms with van der Waals surface area (Å²) in [4.78, 5) is 29.3. The Hall–Kier alpha value is -1.62. The Morgan fingerprint density at radius 1 is 1.48 bits per heavy atom. The molecular formula is C9H12N5O6P. The van der Waals surface area contributed by atoms with E-state index in [0.717, 1.165) is 0 Å². The molecule has 0 saturated carbocycles. The first kappa shape index (κ1) is 14.3. The number of rotatable bonds is 4. The fraction of sp³-hybridized carbons (Fsp3) is 0.444. The number of phosphoric ester groups is 1. The molecule has 1 saturated heterocycles. The van der Waals surface area contributed by atoms with Crippen LogP contribution in [-0.2, 0) is 18.6 Å². The minimum Gasteiger partial charge on any atom is -0.382 e. The summed E-state index contributed by atoms with van der Waals surface area (Å²) in [5.41, 5.74) is 6.61. The Morgan fingerprint density at radius 2 is 2.29 bits per heavy atom. The molecule has 1 aliphatic heterocycles. The van der Waals surface area contributed by atoms with Crippen LogP contribution in [0.1, 0.15) is 6.23 Å². The third-order valence-electron chi connectivity index (χ3n) is 2.81. The summed E-state index contributed by atoms with van der Waals surface area (Å²) in [6.07, 6.45) is 1.35. The molecule has 12 heteroatoms. The van der Waals surface area contributed by atoms with Crippen molar-refractivity contribution in [2.45, 2.75) is 12.5 Å². The molecule has 0 spiro atoms. The Morgan fingerprint density at radius 3 is 3.05 bits per heavy atom. The van der Waals surface area contributed by atoms with Gasteiger partial charge in [-0.25, -0.2) is 19.5 Å². The van der Waals surface area contributed by atoms with Crippen molar-refractivity contribution >= 4 is 24.8 Å². The highest BCUT2D eigenvalue weighted by Crippen LogP contribution is 2.37. The maximum Gasteiger partial charge on any atom is 0.469 e. The van der Waals surface area contributed by atoms with Gasteiger partial charge in [0.2, 0.25) is 0 Å². The van der Waals surface area contributed by atoms with Crippen LogP contribution in [-0.4, -0.2) is 48.8 Å². The lowest BCUT2D eigenvalue weighted by atomic mass is 10.5. The highest BCUT2D eigenvalue weighted by atomic mass is 31.2. The minimum atomic E-state index is -4.56. The Balaban J connectivity index is 1.73. The number of hydrogen-bond donors (Lipinski definition) is 3. The minimum absolute atomic E-state index is 0.157. The number of aromatic nitrogens is 4. The SMILES string of the molecule is Nc1ncnc2c1ncn2[C@H]1CO[C@@H](COP(=O)(O)O)O1. The van der Waals surface area contributed by atoms with E-state index in [2.05, 4.69) is 19.5 Å². The lowest BCUT2D eigenvalue weighted by Crippen LogP contribution is -2.17. The predicted molar refractivity (Wildman–Crippen MR) is 67.6 cm³/mol. The van der Waals surface area contributed by atoms with Gasteiger partial charge in [-0.3, -0.25) is 9.09 Å². The van der Waals surface area contributed by atoms with Gasteiger partial charge < -0.3 is 25.0 Å². The van der Waals surface area contributed by atoms with Crippen molar-refractivity contribution in [2.24, 2.45) is 0 Å². The number of nitrogen functional groups attached to an aromatic ring is 1. The van der Waals surface area contributed by atoms with Crippen LogP contribution in [0.15, 0.2) is 12.7 Å². The van der Waals surface area contributed by atoms with Crippen molar-refractivity contribution in [3.8, 4) is 0 Å². The second-order valence-electron chi connectivity index (χ2n) is 4.22. The standard InChI is InChI=1S/C9H12N5O6P/c10-8-7-9(12-3-11-8)14(4-13-7)5-1-18-6(20-5)2-19-21(15,16)17/h3-6H,1-2H2,(H2,10,11,12)(H2,15,16,17)/t5-,6-/m1/s1. The molecule has 4 N–H and O–H groups in total. The third kappa shape index (κ3) is 3.02. The van der Waals surface area contributed by atoms with E-state index in [1.165, 1.54) is 12.7 Å². The number of phosphoric acid groups is 1. The second-order valence-corrected chi connectivity index (χ2v) is 5.46. The van der Waals surface area contributed by atoms with Crippen LogP contribution >= 0.6 is 7.82 Å². The van der Waals surface area contributed by atoms with Crippen LogP contribution in [0.3, 0.4) is 0 Å². The molecule has 114 valence electrons. The molecule has 0 aromatic carbocycles. The second kappa shape index (κ2) is 5.30. The van der Waals surface area contributed by atoms with Gasteiger partial charge >= 0.3 is 7.82 Å². The van der Waals surface area contributed by atoms with E-state index in [0.29, 0.717) is 11.2 Å². The quantitative estimate of drug-likeness (QED) is 0.622. The van der Waals surface area contributed by atoms with Gasteiger partial charge in [-0.1, -0.05) is 0 Å². The van der Waals surface area contributed by atoms with Gasteiger partial charge in [0.25, 0.3) is 0 Å². The van der Waals surface area contributed by atoms with Gasteiger partial charge in [-0.2, -0.15) is 0 Å². The molecular weight excluding hydrogens is 305 g/mol. The van der Waals surface area contributed by atoms with Gasteiger partial charge in [0, 0.05) is 0 Å². The Kier molecular flexibility index (Phi) is 3.61. The zero-order valence-electron chi connectivity index (χ0n) is 10.6. The summed E-state index contributed by atoms with van der Waals surface area (Å²) in [7, 11) is -4.56. The summed E-state index contributed by atoms with van der Waals surface area (Å²) < 4.78 is 27.3. The predicted octanol–water partition coefficient (Wildman–Crippen LogP) is -0.611. The van der Waals surface area contributed by atoms with Gasteiger partial charge in [-0.05, 0) is 0 Å². The summed E-state index contributed by atoms with van der Waals surface area (Å²) in [6.45, 7) is -0.227. The van der Waals surface area contributed by atoms with Gasteiger partial charge in [0.1, 0.15) is 18.5 Å². The topological polar surface area (TPSA) is 155 Å². The monoisotopic (exact) mass is 317 g/mol. The molecule has 3 heterocycles. The van der Waals surface area contributed by atoms with E-state index in [1.807, 2.05) is 0 Å². The number of imidazole rings is 1. The summed E-state index contributed by atoms with van der Waals surface area (Å²) in [6, 6.07) is 0. The van der Waals surface area contributed by atoms with Crippen LogP contribution < -0.4 is 5.73 Å². The molecule has 3 rings (SSSR count). The maximum atomic E-state index is 10.6. The van der Waals surface area contributed by atoms with Crippen molar-refractivity contribution in [3.63, 3.8) is 0 Å². The largest absolute Gasteiger partial charge is 0.469 e. The zero-order valence-corrected chi connectivity index (χ0v) is 11.5. The number of nitrogens with zero attached hydrogens (tertiary/aromatic N) is 4. The maximum absolute atomic E-state index is 10.6. The molecule has 0 bridgehead atoms. The average molecular weight is 317 g/mol. The van der Waals surface area contributed by atoms with Crippen molar-refractivity contribution in [1.29, 1.82) is 0 Å². The van der Waals surface area contributed by atoms with Crippen LogP contribution in [0.4, 0.5) is 5.82 Å². The van der Waals surface area contributed by atoms with Gasteiger partial charge in [-0.15, -0.1) is 0 Å². The number of anilines is 1. The Labute approximate surface area is 117 Å². The van der Waals surface area contributed by atoms with E-state index in [-0.39, 0.29) is 19.0 Å². The normalized spacial score (nSPS) is 23.0. The molecule has 0 amide bonds. The summed E-state index contributed by atoms with van der Waals surface area (Å²) in [5, 5.41) is 0. The molecule has 2 aromatic heterocycles. The number of ether oxygens (including phenoxy) is 2. The van der Waals surface area contributed by atoms with E-state index < -0.39 is 20.3 Å². The molecule has 0 radical (unpaired) electrons. The summed E-state index contributed by atoms with van der Waals surface area (Å²) >= 11 is 0. The smallest absolute Gasteiger partial charge is 0.382 e. The molecule has 2 aromatic rings. The first-order valence-electron chi connectivity index (χ1n) is 5.84. The molecule has 11 nitrogen and oxygen atoms in total. The number of hydrogen-bond acceptors (Lipinski definition) is 8. The van der Waals surface area contributed by atoms with Gasteiger partial charge in [0.15, 0.2) is 24.0 Å². The van der Waals surface area contributed by atoms with E-state index in [4.69, 9.17) is 25.0 Å².